The number of aliphatic hydroxyl groups excluding tert-OH is 2. The van der Waals surface area contributed by atoms with Gasteiger partial charge in [0.25, 0.3) is 0 Å². The molecule has 2 aromatic carbocycles. The molecule has 0 amide bonds. The number of nitriles is 1. The molecule has 11 heteroatoms. The molecular weight excluding hydrogens is 463 g/mol. The molecule has 0 saturated heterocycles. The van der Waals surface area contributed by atoms with Gasteiger partial charge in [-0.3, -0.25) is 4.98 Å². The third kappa shape index (κ3) is 5.18. The summed E-state index contributed by atoms with van der Waals surface area (Å²) in [7, 11) is 0. The van der Waals surface area contributed by atoms with Crippen LogP contribution in [0.15, 0.2) is 49.1 Å². The molecule has 0 aliphatic heterocycles. The highest BCUT2D eigenvalue weighted by atomic mass is 35.5. The first-order valence-corrected chi connectivity index (χ1v) is 10.6. The number of imidazole rings is 1. The van der Waals surface area contributed by atoms with E-state index in [1.165, 1.54) is 24.4 Å². The molecule has 174 valence electrons. The number of halogens is 2. The van der Waals surface area contributed by atoms with Gasteiger partial charge in [0.1, 0.15) is 35.9 Å². The zero-order valence-corrected chi connectivity index (χ0v) is 18.5. The van der Waals surface area contributed by atoms with Gasteiger partial charge in [-0.25, -0.2) is 9.37 Å². The molecule has 4 rings (SSSR count). The normalized spacial score (nSPS) is 11.7. The summed E-state index contributed by atoms with van der Waals surface area (Å²) in [5.41, 5.74) is 3.07. The number of benzene rings is 2. The number of ether oxygens (including phenoxy) is 1. The van der Waals surface area contributed by atoms with E-state index in [1.807, 2.05) is 0 Å². The predicted octanol–water partition coefficient (Wildman–Crippen LogP) is 3.71. The lowest BCUT2D eigenvalue weighted by Gasteiger charge is -2.17. The summed E-state index contributed by atoms with van der Waals surface area (Å²) in [6, 6.07) is 9.75. The van der Waals surface area contributed by atoms with Gasteiger partial charge in [0, 0.05) is 35.2 Å². The van der Waals surface area contributed by atoms with Gasteiger partial charge >= 0.3 is 0 Å². The van der Waals surface area contributed by atoms with Gasteiger partial charge in [-0.05, 0) is 24.3 Å². The summed E-state index contributed by atoms with van der Waals surface area (Å²) < 4.78 is 19.4. The average Bonchev–Trinajstić information content (AvgIpc) is 3.37. The Balaban J connectivity index is 1.80. The van der Waals surface area contributed by atoms with Crippen LogP contribution in [0.25, 0.3) is 10.9 Å². The number of nitrogens with zero attached hydrogens (tertiary/aromatic N) is 3. The van der Waals surface area contributed by atoms with Crippen molar-refractivity contribution in [2.24, 2.45) is 0 Å². The van der Waals surface area contributed by atoms with Gasteiger partial charge < -0.3 is 30.6 Å². The van der Waals surface area contributed by atoms with Crippen molar-refractivity contribution in [1.82, 2.24) is 15.0 Å². The first-order chi connectivity index (χ1) is 16.5. The number of nitrogens with one attached hydrogen (secondary N) is 3. The molecule has 0 saturated carbocycles. The van der Waals surface area contributed by atoms with Gasteiger partial charge in [0.15, 0.2) is 0 Å². The highest BCUT2D eigenvalue weighted by molar-refractivity contribution is 6.31. The number of hydrogen-bond donors (Lipinski definition) is 5. The standard InChI is InChI=1S/C23H20ClFN6O3/c24-19-4-14(1-2-20(19)25)31-22-13(6-26)7-29-23-18(22)3-15(28-9-16-8-27-12-30-16)5-21(23)34-11-17(33)10-32/h1-5,7-8,12,17,28,32-33H,9-11H2,(H,27,30)(H,29,31). The fraction of sp³-hybridized carbons (Fsp3) is 0.174. The van der Waals surface area contributed by atoms with Gasteiger partial charge in [-0.2, -0.15) is 5.26 Å². The third-order valence-corrected chi connectivity index (χ3v) is 5.22. The van der Waals surface area contributed by atoms with E-state index in [-0.39, 0.29) is 17.2 Å². The zero-order valence-electron chi connectivity index (χ0n) is 17.7. The van der Waals surface area contributed by atoms with Gasteiger partial charge in [0.05, 0.1) is 41.4 Å². The maximum Gasteiger partial charge on any atom is 0.147 e. The lowest BCUT2D eigenvalue weighted by molar-refractivity contribution is 0.0540. The van der Waals surface area contributed by atoms with Crippen LogP contribution < -0.4 is 15.4 Å². The van der Waals surface area contributed by atoms with Gasteiger partial charge in [0.2, 0.25) is 0 Å². The minimum atomic E-state index is -1.08. The molecular formula is C23H20ClFN6O3. The molecule has 0 spiro atoms. The number of H-pyrrole nitrogens is 1. The molecule has 1 unspecified atom stereocenters. The molecule has 0 radical (unpaired) electrons. The molecule has 0 aliphatic rings. The van der Waals surface area contributed by atoms with Crippen LogP contribution in [0, 0.1) is 17.1 Å². The van der Waals surface area contributed by atoms with Crippen molar-refractivity contribution in [3.8, 4) is 11.8 Å². The minimum absolute atomic E-state index is 0.0641. The molecule has 0 fully saturated rings. The van der Waals surface area contributed by atoms with E-state index in [4.69, 9.17) is 21.4 Å². The second-order valence-corrected chi connectivity index (χ2v) is 7.77. The van der Waals surface area contributed by atoms with E-state index in [2.05, 4.69) is 31.7 Å². The van der Waals surface area contributed by atoms with Crippen LogP contribution in [0.3, 0.4) is 0 Å². The van der Waals surface area contributed by atoms with Crippen LogP contribution in [0.5, 0.6) is 5.75 Å². The highest BCUT2D eigenvalue weighted by Gasteiger charge is 2.16. The topological polar surface area (TPSA) is 139 Å². The second-order valence-electron chi connectivity index (χ2n) is 7.36. The molecule has 2 aromatic heterocycles. The number of pyridine rings is 1. The maximum absolute atomic E-state index is 13.6. The predicted molar refractivity (Wildman–Crippen MR) is 126 cm³/mol. The highest BCUT2D eigenvalue weighted by Crippen LogP contribution is 2.37. The van der Waals surface area contributed by atoms with Crippen LogP contribution in [-0.4, -0.2) is 44.5 Å². The Labute approximate surface area is 198 Å². The summed E-state index contributed by atoms with van der Waals surface area (Å²) in [6.07, 6.45) is 3.57. The van der Waals surface area contributed by atoms with Crippen molar-refractivity contribution in [2.45, 2.75) is 12.6 Å². The molecule has 5 N–H and O–H groups in total. The summed E-state index contributed by atoms with van der Waals surface area (Å²) in [5.74, 6) is -0.225. The Bertz CT molecular complexity index is 1340. The van der Waals surface area contributed by atoms with Crippen molar-refractivity contribution in [3.05, 3.63) is 71.2 Å². The fourth-order valence-corrected chi connectivity index (χ4v) is 3.42. The lowest BCUT2D eigenvalue weighted by atomic mass is 10.1. The SMILES string of the molecule is N#Cc1cnc2c(OCC(O)CO)cc(NCc3cnc[nH]3)cc2c1Nc1ccc(F)c(Cl)c1. The first-order valence-electron chi connectivity index (χ1n) is 10.2. The Hall–Kier alpha value is -3.91. The van der Waals surface area contributed by atoms with Gasteiger partial charge in [-0.1, -0.05) is 11.6 Å². The summed E-state index contributed by atoms with van der Waals surface area (Å²) in [4.78, 5) is 11.4. The number of aromatic amines is 1. The molecule has 1 atom stereocenters. The smallest absolute Gasteiger partial charge is 0.147 e. The molecule has 0 bridgehead atoms. The number of anilines is 3. The van der Waals surface area contributed by atoms with Crippen molar-refractivity contribution in [2.75, 3.05) is 23.8 Å². The van der Waals surface area contributed by atoms with Crippen LogP contribution in [-0.2, 0) is 6.54 Å². The number of rotatable bonds is 9. The summed E-state index contributed by atoms with van der Waals surface area (Å²) >= 11 is 5.92. The number of aliphatic hydroxyl groups is 2. The van der Waals surface area contributed by atoms with E-state index in [0.717, 1.165) is 5.69 Å². The quantitative estimate of drug-likeness (QED) is 0.243. The van der Waals surface area contributed by atoms with Crippen molar-refractivity contribution < 1.29 is 19.3 Å². The van der Waals surface area contributed by atoms with Crippen LogP contribution in [0.1, 0.15) is 11.3 Å². The molecule has 4 aromatic rings. The van der Waals surface area contributed by atoms with Crippen LogP contribution in [0.2, 0.25) is 5.02 Å². The van der Waals surface area contributed by atoms with E-state index < -0.39 is 18.5 Å². The molecule has 0 aliphatic carbocycles. The largest absolute Gasteiger partial charge is 0.488 e. The Kier molecular flexibility index (Phi) is 7.08. The fourth-order valence-electron chi connectivity index (χ4n) is 3.24. The molecule has 34 heavy (non-hydrogen) atoms. The zero-order chi connectivity index (χ0) is 24.1. The molecule has 2 heterocycles. The van der Waals surface area contributed by atoms with E-state index in [1.54, 1.807) is 24.7 Å². The Morgan fingerprint density at radius 3 is 2.79 bits per heavy atom. The summed E-state index contributed by atoms with van der Waals surface area (Å²) in [5, 5.41) is 35.4. The minimum Gasteiger partial charge on any atom is -0.488 e. The second kappa shape index (κ2) is 10.4. The van der Waals surface area contributed by atoms with Crippen LogP contribution in [0.4, 0.5) is 21.5 Å². The first kappa shape index (κ1) is 23.3. The number of hydrogen-bond acceptors (Lipinski definition) is 8. The van der Waals surface area contributed by atoms with Crippen molar-refractivity contribution in [1.29, 1.82) is 5.26 Å². The number of aromatic nitrogens is 3. The molecule has 9 nitrogen and oxygen atoms in total. The number of fused-ring (bicyclic) bond motifs is 1. The lowest BCUT2D eigenvalue weighted by Crippen LogP contribution is -2.21. The monoisotopic (exact) mass is 482 g/mol. The van der Waals surface area contributed by atoms with Crippen molar-refractivity contribution in [3.63, 3.8) is 0 Å². The third-order valence-electron chi connectivity index (χ3n) is 4.93. The average molecular weight is 483 g/mol. The van der Waals surface area contributed by atoms with E-state index >= 15 is 0 Å². The van der Waals surface area contributed by atoms with Crippen LogP contribution >= 0.6 is 11.6 Å². The van der Waals surface area contributed by atoms with E-state index in [0.29, 0.717) is 40.3 Å². The van der Waals surface area contributed by atoms with E-state index in [9.17, 15) is 14.8 Å². The Morgan fingerprint density at radius 1 is 1.24 bits per heavy atom. The van der Waals surface area contributed by atoms with Gasteiger partial charge in [-0.15, -0.1) is 0 Å². The summed E-state index contributed by atoms with van der Waals surface area (Å²) in [6.45, 7) is -0.181. The maximum atomic E-state index is 13.6. The Morgan fingerprint density at radius 2 is 2.09 bits per heavy atom. The van der Waals surface area contributed by atoms with Crippen molar-refractivity contribution >= 4 is 39.6 Å².